The van der Waals surface area contributed by atoms with E-state index in [1.807, 2.05) is 0 Å². The van der Waals surface area contributed by atoms with Crippen molar-refractivity contribution in [1.82, 2.24) is 0 Å². The Morgan fingerprint density at radius 3 is 1.74 bits per heavy atom. The third kappa shape index (κ3) is 32.7. The van der Waals surface area contributed by atoms with Gasteiger partial charge in [0, 0.05) is 0 Å². The van der Waals surface area contributed by atoms with E-state index in [0.717, 1.165) is 25.2 Å². The quantitative estimate of drug-likeness (QED) is 0.327. The zero-order valence-electron chi connectivity index (χ0n) is 19.6. The summed E-state index contributed by atoms with van der Waals surface area (Å²) in [6.07, 6.45) is 11.5. The lowest BCUT2D eigenvalue weighted by Gasteiger charge is -1.95. The number of rotatable bonds is 7. The number of allylic oxidation sites excluding steroid dienone is 3. The molecule has 0 aromatic heterocycles. The van der Waals surface area contributed by atoms with Crippen LogP contribution in [-0.4, -0.2) is 0 Å². The molecule has 0 saturated heterocycles. The first-order valence-electron chi connectivity index (χ1n) is 10.8. The number of hydrogen-bond donors (Lipinski definition) is 0. The molecule has 0 unspecified atom stereocenters. The van der Waals surface area contributed by atoms with Crippen LogP contribution in [0.4, 0.5) is 4.39 Å². The molecule has 1 rings (SSSR count). The molecule has 0 fully saturated rings. The van der Waals surface area contributed by atoms with Crippen LogP contribution < -0.4 is 0 Å². The van der Waals surface area contributed by atoms with Gasteiger partial charge in [0.1, 0.15) is 0 Å². The second-order valence-electron chi connectivity index (χ2n) is 7.18. The molecule has 0 heterocycles. The number of hydrogen-bond acceptors (Lipinski definition) is 0. The first-order chi connectivity index (χ1) is 12.8. The first-order valence-corrected chi connectivity index (χ1v) is 10.8. The molecule has 0 bridgehead atoms. The van der Waals surface area contributed by atoms with E-state index in [0.29, 0.717) is 0 Å². The highest BCUT2D eigenvalue weighted by molar-refractivity contribution is 5.20. The monoisotopic (exact) mass is 378 g/mol. The van der Waals surface area contributed by atoms with Crippen molar-refractivity contribution in [3.63, 3.8) is 0 Å². The summed E-state index contributed by atoms with van der Waals surface area (Å²) in [4.78, 5) is 0. The van der Waals surface area contributed by atoms with E-state index >= 15 is 0 Å². The molecular weight excluding hydrogens is 331 g/mol. The molecule has 0 N–H and O–H groups in total. The zero-order valence-corrected chi connectivity index (χ0v) is 19.6. The second kappa shape index (κ2) is 24.6. The van der Waals surface area contributed by atoms with Crippen LogP contribution >= 0.6 is 0 Å². The van der Waals surface area contributed by atoms with E-state index in [1.165, 1.54) is 43.7 Å². The lowest BCUT2D eigenvalue weighted by Crippen LogP contribution is -1.81. The van der Waals surface area contributed by atoms with Crippen molar-refractivity contribution in [3.8, 4) is 0 Å². The van der Waals surface area contributed by atoms with Crippen LogP contribution in [0.15, 0.2) is 48.8 Å². The van der Waals surface area contributed by atoms with Gasteiger partial charge in [-0.2, -0.15) is 0 Å². The largest absolute Gasteiger partial charge is 0.212 e. The van der Waals surface area contributed by atoms with Crippen molar-refractivity contribution < 1.29 is 4.39 Å². The third-order valence-electron chi connectivity index (χ3n) is 3.69. The molecule has 158 valence electrons. The average molecular weight is 379 g/mol. The summed E-state index contributed by atoms with van der Waals surface area (Å²) in [6, 6.07) is 8.66. The topological polar surface area (TPSA) is 0 Å². The molecule has 0 saturated carbocycles. The first kappa shape index (κ1) is 30.4. The maximum atomic E-state index is 11.9. The number of unbranched alkanes of at least 4 members (excludes halogenated alkanes) is 2. The molecule has 1 aromatic rings. The fraction of sp³-hybridized carbons (Fsp3) is 0.615. The van der Waals surface area contributed by atoms with E-state index in [1.54, 1.807) is 12.2 Å². The Labute approximate surface area is 171 Å². The normalized spacial score (nSPS) is 9.93. The van der Waals surface area contributed by atoms with Crippen LogP contribution in [-0.2, 0) is 6.42 Å². The molecule has 0 aliphatic carbocycles. The van der Waals surface area contributed by atoms with Gasteiger partial charge in [-0.1, -0.05) is 109 Å². The van der Waals surface area contributed by atoms with Crippen LogP contribution in [0.1, 0.15) is 98.1 Å². The Kier molecular flexibility index (Phi) is 27.7. The summed E-state index contributed by atoms with van der Waals surface area (Å²) in [5.41, 5.74) is 2.76. The van der Waals surface area contributed by atoms with Gasteiger partial charge in [0.05, 0.1) is 5.83 Å². The Morgan fingerprint density at radius 2 is 1.48 bits per heavy atom. The van der Waals surface area contributed by atoms with Gasteiger partial charge in [-0.3, -0.25) is 0 Å². The van der Waals surface area contributed by atoms with Gasteiger partial charge in [-0.05, 0) is 44.6 Å². The minimum absolute atomic E-state index is 0.105. The smallest absolute Gasteiger partial charge is 0.0929 e. The van der Waals surface area contributed by atoms with Gasteiger partial charge in [0.25, 0.3) is 0 Å². The van der Waals surface area contributed by atoms with Crippen molar-refractivity contribution in [2.75, 3.05) is 0 Å². The van der Waals surface area contributed by atoms with E-state index in [4.69, 9.17) is 0 Å². The molecular formula is C26H47F. The van der Waals surface area contributed by atoms with Gasteiger partial charge < -0.3 is 0 Å². The summed E-state index contributed by atoms with van der Waals surface area (Å²) in [6.45, 7) is 20.3. The average Bonchev–Trinajstić information content (AvgIpc) is 2.63. The number of aryl methyl sites for hydroxylation is 2. The molecule has 27 heavy (non-hydrogen) atoms. The number of halogens is 1. The van der Waals surface area contributed by atoms with Gasteiger partial charge in [0.2, 0.25) is 0 Å². The molecule has 0 atom stereocenters. The van der Waals surface area contributed by atoms with Crippen LogP contribution in [0.2, 0.25) is 0 Å². The van der Waals surface area contributed by atoms with Crippen molar-refractivity contribution in [1.29, 1.82) is 0 Å². The minimum atomic E-state index is -0.105. The van der Waals surface area contributed by atoms with Crippen LogP contribution in [0, 0.1) is 12.8 Å². The van der Waals surface area contributed by atoms with E-state index < -0.39 is 0 Å². The summed E-state index contributed by atoms with van der Waals surface area (Å²) >= 11 is 0. The van der Waals surface area contributed by atoms with Gasteiger partial charge >= 0.3 is 0 Å². The van der Waals surface area contributed by atoms with Crippen molar-refractivity contribution in [2.45, 2.75) is 100 Å². The molecule has 1 heteroatoms. The summed E-state index contributed by atoms with van der Waals surface area (Å²) in [5, 5.41) is 0. The maximum absolute atomic E-state index is 11.9. The van der Waals surface area contributed by atoms with Crippen molar-refractivity contribution in [2.24, 2.45) is 5.92 Å². The Bertz CT molecular complexity index is 420. The molecule has 0 radical (unpaired) electrons. The van der Waals surface area contributed by atoms with Crippen LogP contribution in [0.5, 0.6) is 0 Å². The molecule has 0 spiro atoms. The predicted molar refractivity (Wildman–Crippen MR) is 125 cm³/mol. The highest BCUT2D eigenvalue weighted by Gasteiger charge is 1.86. The highest BCUT2D eigenvalue weighted by atomic mass is 19.1. The molecule has 1 aromatic carbocycles. The van der Waals surface area contributed by atoms with E-state index in [-0.39, 0.29) is 5.83 Å². The van der Waals surface area contributed by atoms with Gasteiger partial charge in [0.15, 0.2) is 0 Å². The lowest BCUT2D eigenvalue weighted by atomic mass is 10.1. The summed E-state index contributed by atoms with van der Waals surface area (Å²) in [5.74, 6) is 0.793. The summed E-state index contributed by atoms with van der Waals surface area (Å²) < 4.78 is 11.9. The Balaban J connectivity index is -0.000000297. The Morgan fingerprint density at radius 1 is 0.963 bits per heavy atom. The third-order valence-corrected chi connectivity index (χ3v) is 3.69. The second-order valence-corrected chi connectivity index (χ2v) is 7.18. The van der Waals surface area contributed by atoms with Crippen LogP contribution in [0.25, 0.3) is 0 Å². The predicted octanol–water partition coefficient (Wildman–Crippen LogP) is 9.63. The molecule has 0 aliphatic rings. The molecule has 0 nitrogen and oxygen atoms in total. The van der Waals surface area contributed by atoms with Crippen molar-refractivity contribution >= 4 is 0 Å². The highest BCUT2D eigenvalue weighted by Crippen LogP contribution is 2.02. The standard InChI is InChI=1S/C9H12.C7H11F.C6H14.C4H10/c1-3-9-6-4-8(2)5-7-9;1-3-4-5-6-7(2)8;1-4-5-6(2)3;1-3-4-2/h4-7H,3H2,1-2H3;3,6H,1,4-5H2,2H3;6H,4-5H2,1-3H3;3-4H2,1-2H3/b;7-6-;;. The minimum Gasteiger partial charge on any atom is -0.212 e. The van der Waals surface area contributed by atoms with Crippen LogP contribution in [0.3, 0.4) is 0 Å². The molecule has 0 amide bonds. The lowest BCUT2D eigenvalue weighted by molar-refractivity contribution is 0.576. The van der Waals surface area contributed by atoms with Crippen molar-refractivity contribution in [3.05, 3.63) is 60.0 Å². The fourth-order valence-electron chi connectivity index (χ4n) is 1.80. The SMILES string of the molecule is C=CCC/C=C(/C)F.CCCC.CCCC(C)C.CCc1ccc(C)cc1. The van der Waals surface area contributed by atoms with Gasteiger partial charge in [-0.25, -0.2) is 4.39 Å². The maximum Gasteiger partial charge on any atom is 0.0929 e. The summed E-state index contributed by atoms with van der Waals surface area (Å²) in [7, 11) is 0. The fourth-order valence-corrected chi connectivity index (χ4v) is 1.80. The molecule has 0 aliphatic heterocycles. The van der Waals surface area contributed by atoms with E-state index in [9.17, 15) is 4.39 Å². The van der Waals surface area contributed by atoms with Gasteiger partial charge in [-0.15, -0.1) is 6.58 Å². The zero-order chi connectivity index (χ0) is 21.5. The van der Waals surface area contributed by atoms with E-state index in [2.05, 4.69) is 79.3 Å². The number of benzene rings is 1. The Hall–Kier alpha value is -1.37.